The summed E-state index contributed by atoms with van der Waals surface area (Å²) in [7, 11) is -2.82. The summed E-state index contributed by atoms with van der Waals surface area (Å²) >= 11 is 0. The lowest BCUT2D eigenvalue weighted by atomic mass is 10.0. The number of hydrogen-bond acceptors (Lipinski definition) is 9. The van der Waals surface area contributed by atoms with Gasteiger partial charge in [0, 0.05) is 24.8 Å². The fourth-order valence-electron chi connectivity index (χ4n) is 2.94. The average molecular weight is 475 g/mol. The van der Waals surface area contributed by atoms with Crippen LogP contribution in [0.25, 0.3) is 0 Å². The second-order valence-electron chi connectivity index (χ2n) is 7.27. The maximum absolute atomic E-state index is 11.6. The van der Waals surface area contributed by atoms with E-state index in [1.807, 2.05) is 6.92 Å². The zero-order chi connectivity index (χ0) is 24.1. The van der Waals surface area contributed by atoms with Crippen LogP contribution in [0.3, 0.4) is 0 Å². The predicted octanol–water partition coefficient (Wildman–Crippen LogP) is 2.26. The topological polar surface area (TPSA) is 160 Å². The number of methoxy groups -OCH3 is 1. The quantitative estimate of drug-likeness (QED) is 0.158. The minimum absolute atomic E-state index is 0.0727. The van der Waals surface area contributed by atoms with E-state index in [1.54, 1.807) is 6.92 Å². The van der Waals surface area contributed by atoms with Crippen molar-refractivity contribution in [3.05, 3.63) is 27.8 Å². The van der Waals surface area contributed by atoms with Gasteiger partial charge in [-0.25, -0.2) is 8.42 Å². The SMILES string of the molecule is CCCNC(=O)CCCOc1cc([N+](=O)[O-])c(C(C)NCCCCS(=O)(=O)[O-])cc1OC. The van der Waals surface area contributed by atoms with E-state index in [0.717, 1.165) is 6.42 Å². The molecule has 0 bridgehead atoms. The van der Waals surface area contributed by atoms with Crippen LogP contribution in [-0.2, 0) is 14.9 Å². The van der Waals surface area contributed by atoms with Crippen molar-refractivity contribution in [2.45, 2.75) is 52.0 Å². The zero-order valence-corrected chi connectivity index (χ0v) is 19.5. The molecule has 1 amide bonds. The van der Waals surface area contributed by atoms with Gasteiger partial charge in [-0.3, -0.25) is 14.9 Å². The number of nitrogens with one attached hydrogen (secondary N) is 2. The molecule has 0 aliphatic carbocycles. The van der Waals surface area contributed by atoms with E-state index in [-0.39, 0.29) is 36.8 Å². The Kier molecular flexibility index (Phi) is 12.0. The van der Waals surface area contributed by atoms with Gasteiger partial charge in [-0.2, -0.15) is 0 Å². The highest BCUT2D eigenvalue weighted by Crippen LogP contribution is 2.37. The van der Waals surface area contributed by atoms with Crippen molar-refractivity contribution in [1.29, 1.82) is 0 Å². The lowest BCUT2D eigenvalue weighted by Gasteiger charge is -2.18. The molecule has 2 N–H and O–H groups in total. The Morgan fingerprint density at radius 2 is 1.91 bits per heavy atom. The van der Waals surface area contributed by atoms with Crippen molar-refractivity contribution in [3.63, 3.8) is 0 Å². The molecule has 12 heteroatoms. The van der Waals surface area contributed by atoms with Crippen LogP contribution in [0.2, 0.25) is 0 Å². The molecule has 0 spiro atoms. The van der Waals surface area contributed by atoms with Crippen LogP contribution < -0.4 is 20.1 Å². The number of rotatable bonds is 16. The number of hydrogen-bond donors (Lipinski definition) is 2. The molecule has 0 heterocycles. The van der Waals surface area contributed by atoms with E-state index in [2.05, 4.69) is 10.6 Å². The van der Waals surface area contributed by atoms with E-state index in [9.17, 15) is 27.9 Å². The number of nitrogens with zero attached hydrogens (tertiary/aromatic N) is 1. The van der Waals surface area contributed by atoms with Crippen LogP contribution in [0.15, 0.2) is 12.1 Å². The summed E-state index contributed by atoms with van der Waals surface area (Å²) in [5.74, 6) is 0.0250. The number of carbonyl (C=O) groups is 1. The Bertz CT molecular complexity index is 861. The molecule has 0 fully saturated rings. The Hall–Kier alpha value is -2.44. The van der Waals surface area contributed by atoms with Gasteiger partial charge in [-0.05, 0) is 45.2 Å². The van der Waals surface area contributed by atoms with Gasteiger partial charge < -0.3 is 24.7 Å². The Morgan fingerprint density at radius 1 is 1.19 bits per heavy atom. The molecule has 0 saturated heterocycles. The highest BCUT2D eigenvalue weighted by Gasteiger charge is 2.23. The number of nitro groups is 1. The van der Waals surface area contributed by atoms with Crippen LogP contribution in [0.4, 0.5) is 5.69 Å². The smallest absolute Gasteiger partial charge is 0.278 e. The first-order valence-corrected chi connectivity index (χ1v) is 12.1. The van der Waals surface area contributed by atoms with Gasteiger partial charge in [0.1, 0.15) is 0 Å². The van der Waals surface area contributed by atoms with E-state index in [0.29, 0.717) is 37.2 Å². The molecular weight excluding hydrogens is 442 g/mol. The molecule has 0 aliphatic heterocycles. The Balaban J connectivity index is 2.76. The molecule has 1 aromatic rings. The van der Waals surface area contributed by atoms with Gasteiger partial charge in [-0.15, -0.1) is 0 Å². The normalized spacial score (nSPS) is 12.2. The summed E-state index contributed by atoms with van der Waals surface area (Å²) in [5.41, 5.74) is 0.234. The summed E-state index contributed by atoms with van der Waals surface area (Å²) in [5, 5.41) is 17.5. The first kappa shape index (κ1) is 27.6. The Labute approximate surface area is 188 Å². The molecular formula is C20H32N3O8S-. The molecule has 1 atom stereocenters. The summed E-state index contributed by atoms with van der Waals surface area (Å²) < 4.78 is 42.9. The molecule has 0 radical (unpaired) electrons. The van der Waals surface area contributed by atoms with Crippen molar-refractivity contribution >= 4 is 21.7 Å². The van der Waals surface area contributed by atoms with E-state index in [1.165, 1.54) is 19.2 Å². The van der Waals surface area contributed by atoms with Gasteiger partial charge in [0.25, 0.3) is 5.69 Å². The standard InChI is InChI=1S/C20H33N3O8S/c1-4-9-22-20(24)8-7-11-31-19-14-17(23(25)26)16(13-18(19)30-3)15(2)21-10-5-6-12-32(27,28)29/h13-15,21H,4-12H2,1-3H3,(H,22,24)(H,27,28,29)/p-1. The lowest BCUT2D eigenvalue weighted by Crippen LogP contribution is -2.24. The largest absolute Gasteiger partial charge is 0.748 e. The molecule has 1 unspecified atom stereocenters. The third kappa shape index (κ3) is 10.2. The van der Waals surface area contributed by atoms with Gasteiger partial charge in [-0.1, -0.05) is 6.92 Å². The minimum Gasteiger partial charge on any atom is -0.748 e. The number of ether oxygens (including phenoxy) is 2. The van der Waals surface area contributed by atoms with Crippen molar-refractivity contribution in [2.24, 2.45) is 0 Å². The first-order valence-electron chi connectivity index (χ1n) is 10.5. The minimum atomic E-state index is -4.25. The molecule has 11 nitrogen and oxygen atoms in total. The average Bonchev–Trinajstić information content (AvgIpc) is 2.73. The molecule has 1 aromatic carbocycles. The number of benzene rings is 1. The molecule has 0 saturated carbocycles. The van der Waals surface area contributed by atoms with Crippen LogP contribution in [0.5, 0.6) is 11.5 Å². The van der Waals surface area contributed by atoms with Crippen LogP contribution in [0, 0.1) is 10.1 Å². The molecule has 32 heavy (non-hydrogen) atoms. The first-order chi connectivity index (χ1) is 15.1. The summed E-state index contributed by atoms with van der Waals surface area (Å²) in [6, 6.07) is 2.40. The predicted molar refractivity (Wildman–Crippen MR) is 118 cm³/mol. The second-order valence-corrected chi connectivity index (χ2v) is 8.79. The number of carbonyl (C=O) groups excluding carboxylic acids is 1. The highest BCUT2D eigenvalue weighted by atomic mass is 32.2. The van der Waals surface area contributed by atoms with Crippen LogP contribution >= 0.6 is 0 Å². The van der Waals surface area contributed by atoms with Gasteiger partial charge in [0.2, 0.25) is 5.91 Å². The third-order valence-corrected chi connectivity index (χ3v) is 5.41. The fourth-order valence-corrected chi connectivity index (χ4v) is 3.50. The Morgan fingerprint density at radius 3 is 2.50 bits per heavy atom. The third-order valence-electron chi connectivity index (χ3n) is 4.63. The maximum atomic E-state index is 11.6. The van der Waals surface area contributed by atoms with Gasteiger partial charge in [0.15, 0.2) is 11.5 Å². The molecule has 1 rings (SSSR count). The van der Waals surface area contributed by atoms with Crippen molar-refractivity contribution in [2.75, 3.05) is 32.6 Å². The number of amides is 1. The van der Waals surface area contributed by atoms with Crippen molar-refractivity contribution < 1.29 is 32.2 Å². The monoisotopic (exact) mass is 474 g/mol. The second kappa shape index (κ2) is 13.9. The summed E-state index contributed by atoms with van der Waals surface area (Å²) in [6.07, 6.45) is 2.23. The van der Waals surface area contributed by atoms with Crippen LogP contribution in [-0.4, -0.2) is 56.4 Å². The summed E-state index contributed by atoms with van der Waals surface area (Å²) in [6.45, 7) is 4.90. The van der Waals surface area contributed by atoms with Crippen molar-refractivity contribution in [1.82, 2.24) is 10.6 Å². The number of nitro benzene ring substituents is 1. The molecule has 0 aromatic heterocycles. The molecule has 182 valence electrons. The van der Waals surface area contributed by atoms with E-state index < -0.39 is 26.8 Å². The molecule has 0 aliphatic rings. The zero-order valence-electron chi connectivity index (χ0n) is 18.7. The van der Waals surface area contributed by atoms with Crippen LogP contribution in [0.1, 0.15) is 57.6 Å². The lowest BCUT2D eigenvalue weighted by molar-refractivity contribution is -0.385. The van der Waals surface area contributed by atoms with E-state index >= 15 is 0 Å². The van der Waals surface area contributed by atoms with Gasteiger partial charge >= 0.3 is 0 Å². The van der Waals surface area contributed by atoms with Gasteiger partial charge in [0.05, 0.1) is 40.4 Å². The fraction of sp³-hybridized carbons (Fsp3) is 0.650. The number of unbranched alkanes of at least 4 members (excludes halogenated alkanes) is 1. The summed E-state index contributed by atoms with van der Waals surface area (Å²) in [4.78, 5) is 22.7. The van der Waals surface area contributed by atoms with Crippen molar-refractivity contribution in [3.8, 4) is 11.5 Å². The maximum Gasteiger partial charge on any atom is 0.278 e. The van der Waals surface area contributed by atoms with E-state index in [4.69, 9.17) is 9.47 Å². The highest BCUT2D eigenvalue weighted by molar-refractivity contribution is 7.85.